The number of aromatic nitrogens is 3. The average molecular weight is 340 g/mol. The van der Waals surface area contributed by atoms with Crippen molar-refractivity contribution < 1.29 is 9.53 Å². The van der Waals surface area contributed by atoms with Gasteiger partial charge in [-0.1, -0.05) is 21.1 Å². The molecular weight excluding hydrogens is 326 g/mol. The van der Waals surface area contributed by atoms with E-state index in [1.165, 1.54) is 4.68 Å². The molecule has 2 aromatic rings. The maximum Gasteiger partial charge on any atom is 0.246 e. The van der Waals surface area contributed by atoms with Crippen LogP contribution in [0.5, 0.6) is 5.75 Å². The largest absolute Gasteiger partial charge is 0.497 e. The van der Waals surface area contributed by atoms with Gasteiger partial charge in [-0.15, -0.1) is 5.10 Å². The van der Waals surface area contributed by atoms with Gasteiger partial charge in [-0.25, -0.2) is 4.68 Å². The van der Waals surface area contributed by atoms with E-state index in [1.54, 1.807) is 31.5 Å². The number of rotatable bonds is 5. The predicted octanol–water partition coefficient (Wildman–Crippen LogP) is 1.15. The van der Waals surface area contributed by atoms with Gasteiger partial charge in [0.25, 0.3) is 0 Å². The van der Waals surface area contributed by atoms with E-state index in [0.717, 1.165) is 4.47 Å². The zero-order chi connectivity index (χ0) is 14.5. The molecule has 1 aromatic heterocycles. The second kappa shape index (κ2) is 6.49. The third kappa shape index (κ3) is 3.78. The minimum absolute atomic E-state index is 0.0713. The van der Waals surface area contributed by atoms with Crippen LogP contribution in [0.1, 0.15) is 5.69 Å². The van der Waals surface area contributed by atoms with Gasteiger partial charge < -0.3 is 15.8 Å². The van der Waals surface area contributed by atoms with Crippen molar-refractivity contribution in [1.29, 1.82) is 0 Å². The van der Waals surface area contributed by atoms with Crippen molar-refractivity contribution in [1.82, 2.24) is 15.0 Å². The van der Waals surface area contributed by atoms with E-state index in [9.17, 15) is 4.79 Å². The summed E-state index contributed by atoms with van der Waals surface area (Å²) in [5.41, 5.74) is 6.71. The highest BCUT2D eigenvalue weighted by molar-refractivity contribution is 9.10. The van der Waals surface area contributed by atoms with Crippen molar-refractivity contribution in [3.05, 3.63) is 34.6 Å². The Hall–Kier alpha value is -1.93. The normalized spacial score (nSPS) is 10.3. The Morgan fingerprint density at radius 1 is 1.50 bits per heavy atom. The number of benzene rings is 1. The van der Waals surface area contributed by atoms with Crippen molar-refractivity contribution in [2.45, 2.75) is 13.1 Å². The lowest BCUT2D eigenvalue weighted by Gasteiger charge is -2.08. The summed E-state index contributed by atoms with van der Waals surface area (Å²) in [7, 11) is 1.57. The van der Waals surface area contributed by atoms with Crippen molar-refractivity contribution in [2.75, 3.05) is 12.4 Å². The summed E-state index contributed by atoms with van der Waals surface area (Å²) in [6, 6.07) is 5.32. The minimum Gasteiger partial charge on any atom is -0.497 e. The van der Waals surface area contributed by atoms with Crippen LogP contribution in [-0.4, -0.2) is 28.0 Å². The van der Waals surface area contributed by atoms with Crippen molar-refractivity contribution in [2.24, 2.45) is 5.73 Å². The molecule has 0 spiro atoms. The molecule has 20 heavy (non-hydrogen) atoms. The molecule has 2 rings (SSSR count). The molecule has 0 fully saturated rings. The van der Waals surface area contributed by atoms with Crippen molar-refractivity contribution in [3.8, 4) is 5.75 Å². The SMILES string of the molecule is COc1cc(Br)cc(NC(=O)Cn2cc(CN)nn2)c1. The Bertz CT molecular complexity index is 614. The number of carbonyl (C=O) groups excluding carboxylic acids is 1. The maximum absolute atomic E-state index is 11.9. The first-order valence-electron chi connectivity index (χ1n) is 5.84. The Balaban J connectivity index is 2.02. The van der Waals surface area contributed by atoms with Crippen LogP contribution in [0, 0.1) is 0 Å². The molecule has 1 heterocycles. The van der Waals surface area contributed by atoms with Crippen LogP contribution in [-0.2, 0) is 17.9 Å². The Labute approximate surface area is 124 Å². The molecule has 1 amide bonds. The van der Waals surface area contributed by atoms with E-state index in [1.807, 2.05) is 0 Å². The molecule has 3 N–H and O–H groups in total. The van der Waals surface area contributed by atoms with E-state index in [2.05, 4.69) is 31.6 Å². The Morgan fingerprint density at radius 2 is 2.30 bits per heavy atom. The highest BCUT2D eigenvalue weighted by Crippen LogP contribution is 2.24. The molecule has 0 radical (unpaired) electrons. The van der Waals surface area contributed by atoms with Crippen LogP contribution < -0.4 is 15.8 Å². The average Bonchev–Trinajstić information content (AvgIpc) is 2.85. The lowest BCUT2D eigenvalue weighted by molar-refractivity contribution is -0.116. The maximum atomic E-state index is 11.9. The number of amides is 1. The van der Waals surface area contributed by atoms with Gasteiger partial charge in [0.05, 0.1) is 19.0 Å². The van der Waals surface area contributed by atoms with Crippen LogP contribution in [0.2, 0.25) is 0 Å². The molecular formula is C12H14BrN5O2. The predicted molar refractivity (Wildman–Crippen MR) is 77.2 cm³/mol. The number of nitrogens with one attached hydrogen (secondary N) is 1. The molecule has 0 atom stereocenters. The smallest absolute Gasteiger partial charge is 0.246 e. The number of halogens is 1. The molecule has 0 unspecified atom stereocenters. The van der Waals surface area contributed by atoms with Crippen LogP contribution in [0.15, 0.2) is 28.9 Å². The fourth-order valence-corrected chi connectivity index (χ4v) is 2.08. The van der Waals surface area contributed by atoms with E-state index in [-0.39, 0.29) is 12.5 Å². The minimum atomic E-state index is -0.210. The number of nitrogens with zero attached hydrogens (tertiary/aromatic N) is 3. The van der Waals surface area contributed by atoms with Gasteiger partial charge >= 0.3 is 0 Å². The highest BCUT2D eigenvalue weighted by Gasteiger charge is 2.07. The number of anilines is 1. The van der Waals surface area contributed by atoms with Gasteiger partial charge in [-0.05, 0) is 12.1 Å². The summed E-state index contributed by atoms with van der Waals surface area (Å²) < 4.78 is 7.39. The zero-order valence-electron chi connectivity index (χ0n) is 10.8. The summed E-state index contributed by atoms with van der Waals surface area (Å²) in [6.07, 6.45) is 1.64. The Morgan fingerprint density at radius 3 is 2.95 bits per heavy atom. The van der Waals surface area contributed by atoms with E-state index in [4.69, 9.17) is 10.5 Å². The number of hydrogen-bond acceptors (Lipinski definition) is 5. The molecule has 0 aliphatic carbocycles. The Kier molecular flexibility index (Phi) is 4.70. The van der Waals surface area contributed by atoms with Crippen LogP contribution in [0.4, 0.5) is 5.69 Å². The number of methoxy groups -OCH3 is 1. The van der Waals surface area contributed by atoms with Gasteiger partial charge in [0.2, 0.25) is 5.91 Å². The highest BCUT2D eigenvalue weighted by atomic mass is 79.9. The van der Waals surface area contributed by atoms with Gasteiger partial charge in [0, 0.05) is 22.8 Å². The zero-order valence-corrected chi connectivity index (χ0v) is 12.4. The van der Waals surface area contributed by atoms with E-state index < -0.39 is 0 Å². The van der Waals surface area contributed by atoms with Crippen molar-refractivity contribution >= 4 is 27.5 Å². The summed E-state index contributed by atoms with van der Waals surface area (Å²) >= 11 is 3.35. The first-order chi connectivity index (χ1) is 9.60. The van der Waals surface area contributed by atoms with Crippen LogP contribution in [0.25, 0.3) is 0 Å². The van der Waals surface area contributed by atoms with Gasteiger partial charge in [0.15, 0.2) is 0 Å². The third-order valence-electron chi connectivity index (χ3n) is 2.49. The summed E-state index contributed by atoms with van der Waals surface area (Å²) in [5, 5.41) is 10.4. The standard InChI is InChI=1S/C12H14BrN5O2/c1-20-11-3-8(13)2-9(4-11)15-12(19)7-18-6-10(5-14)16-17-18/h2-4,6H,5,7,14H2,1H3,(H,15,19). The van der Waals surface area contributed by atoms with Crippen LogP contribution >= 0.6 is 15.9 Å². The molecule has 1 aromatic carbocycles. The fourth-order valence-electron chi connectivity index (χ4n) is 1.61. The molecule has 0 saturated carbocycles. The quantitative estimate of drug-likeness (QED) is 0.851. The number of nitrogens with two attached hydrogens (primary N) is 1. The second-order valence-electron chi connectivity index (χ2n) is 4.04. The van der Waals surface area contributed by atoms with Crippen molar-refractivity contribution in [3.63, 3.8) is 0 Å². The van der Waals surface area contributed by atoms with Gasteiger partial charge in [0.1, 0.15) is 12.3 Å². The van der Waals surface area contributed by atoms with Crippen LogP contribution in [0.3, 0.4) is 0 Å². The topological polar surface area (TPSA) is 95.1 Å². The summed E-state index contributed by atoms with van der Waals surface area (Å²) in [5.74, 6) is 0.444. The number of hydrogen-bond donors (Lipinski definition) is 2. The number of ether oxygens (including phenoxy) is 1. The lowest BCUT2D eigenvalue weighted by Crippen LogP contribution is -2.19. The lowest BCUT2D eigenvalue weighted by atomic mass is 10.3. The molecule has 7 nitrogen and oxygen atoms in total. The molecule has 8 heteroatoms. The molecule has 0 bridgehead atoms. The van der Waals surface area contributed by atoms with Gasteiger partial charge in [-0.3, -0.25) is 4.79 Å². The molecule has 0 saturated heterocycles. The summed E-state index contributed by atoms with van der Waals surface area (Å²) in [6.45, 7) is 0.367. The first-order valence-corrected chi connectivity index (χ1v) is 6.63. The molecule has 0 aliphatic rings. The second-order valence-corrected chi connectivity index (χ2v) is 4.96. The van der Waals surface area contributed by atoms with Gasteiger partial charge in [-0.2, -0.15) is 0 Å². The third-order valence-corrected chi connectivity index (χ3v) is 2.95. The van der Waals surface area contributed by atoms with E-state index in [0.29, 0.717) is 23.7 Å². The summed E-state index contributed by atoms with van der Waals surface area (Å²) in [4.78, 5) is 11.9. The fraction of sp³-hybridized carbons (Fsp3) is 0.250. The molecule has 106 valence electrons. The first kappa shape index (κ1) is 14.5. The molecule has 0 aliphatic heterocycles. The van der Waals surface area contributed by atoms with E-state index >= 15 is 0 Å². The monoisotopic (exact) mass is 339 g/mol. The number of carbonyl (C=O) groups is 1.